The smallest absolute Gasteiger partial charge is 0.334 e. The number of nitrogens with zero attached hydrogens (tertiary/aromatic N) is 7. The van der Waals surface area contributed by atoms with Gasteiger partial charge in [0.1, 0.15) is 18.0 Å². The standard InChI is InChI=1S/C37H46N8O5/c1-38-32-10-6-9-29(31(32)23-39-15-16-42-17-19-50-20-18-42)24-43-25-34-44(33(36(43)48)21-27-11-13-30(46)14-12-27)35(47)26-41(2)45(34)37(49)40-22-28-7-4-3-5-8-28/h3-14,23,31,33-34,46H,15-22,24-26H2,1-2H3,(H,40,49)/b38-32-,39-23+/t31?,33-,34-/m0/s1. The minimum atomic E-state index is -0.858. The van der Waals surface area contributed by atoms with Crippen molar-refractivity contribution in [3.63, 3.8) is 0 Å². The maximum Gasteiger partial charge on any atom is 0.334 e. The van der Waals surface area contributed by atoms with E-state index in [-0.39, 0.29) is 55.6 Å². The Morgan fingerprint density at radius 1 is 1.06 bits per heavy atom. The minimum Gasteiger partial charge on any atom is -0.508 e. The zero-order chi connectivity index (χ0) is 35.0. The number of piperazine rings is 1. The van der Waals surface area contributed by atoms with Gasteiger partial charge in [0.2, 0.25) is 11.8 Å². The second-order valence-corrected chi connectivity index (χ2v) is 12.9. The molecule has 1 aliphatic carbocycles. The Hall–Kier alpha value is -4.85. The summed E-state index contributed by atoms with van der Waals surface area (Å²) in [5.41, 5.74) is 3.53. The van der Waals surface area contributed by atoms with Gasteiger partial charge in [0.15, 0.2) is 0 Å². The lowest BCUT2D eigenvalue weighted by atomic mass is 9.89. The lowest BCUT2D eigenvalue weighted by Gasteiger charge is -2.54. The van der Waals surface area contributed by atoms with E-state index in [1.807, 2.05) is 54.8 Å². The van der Waals surface area contributed by atoms with Crippen molar-refractivity contribution in [1.82, 2.24) is 30.0 Å². The summed E-state index contributed by atoms with van der Waals surface area (Å²) < 4.78 is 5.46. The van der Waals surface area contributed by atoms with Gasteiger partial charge in [-0.25, -0.2) is 14.8 Å². The molecule has 3 fully saturated rings. The number of nitrogens with one attached hydrogen (secondary N) is 1. The fourth-order valence-electron chi connectivity index (χ4n) is 6.99. The van der Waals surface area contributed by atoms with Gasteiger partial charge in [-0.1, -0.05) is 54.6 Å². The highest BCUT2D eigenvalue weighted by Crippen LogP contribution is 2.30. The first-order valence-corrected chi connectivity index (χ1v) is 17.2. The molecule has 0 saturated carbocycles. The van der Waals surface area contributed by atoms with Crippen molar-refractivity contribution in [3.05, 3.63) is 89.5 Å². The molecule has 3 saturated heterocycles. The number of hydrogen-bond donors (Lipinski definition) is 2. The zero-order valence-corrected chi connectivity index (χ0v) is 28.7. The number of fused-ring (bicyclic) bond motifs is 1. The molecule has 13 nitrogen and oxygen atoms in total. The Balaban J connectivity index is 1.26. The Morgan fingerprint density at radius 3 is 2.56 bits per heavy atom. The Labute approximate surface area is 293 Å². The summed E-state index contributed by atoms with van der Waals surface area (Å²) in [5, 5.41) is 16.1. The average molecular weight is 683 g/mol. The van der Waals surface area contributed by atoms with Gasteiger partial charge in [0.05, 0.1) is 38.8 Å². The SMILES string of the molecule is C/N=C1/C=CC=C(CN2C[C@H]3N(C(=O)CN(C)N3C(=O)NCc3ccccc3)[C@@H](Cc3ccc(O)cc3)C2=O)C1/C=N/CCN1CCOCC1. The third kappa shape index (κ3) is 8.12. The van der Waals surface area contributed by atoms with Crippen LogP contribution in [0.2, 0.25) is 0 Å². The normalized spacial score (nSPS) is 24.2. The summed E-state index contributed by atoms with van der Waals surface area (Å²) in [6.07, 6.45) is 7.32. The number of phenolic OH excluding ortho intramolecular Hbond substituents is 1. The summed E-state index contributed by atoms with van der Waals surface area (Å²) in [7, 11) is 3.47. The maximum atomic E-state index is 14.5. The summed E-state index contributed by atoms with van der Waals surface area (Å²) >= 11 is 0. The van der Waals surface area contributed by atoms with Gasteiger partial charge < -0.3 is 25.0 Å². The van der Waals surface area contributed by atoms with Crippen LogP contribution in [0.15, 0.2) is 88.4 Å². The van der Waals surface area contributed by atoms with E-state index in [0.717, 1.165) is 55.3 Å². The predicted molar refractivity (Wildman–Crippen MR) is 191 cm³/mol. The average Bonchev–Trinajstić information content (AvgIpc) is 3.13. The van der Waals surface area contributed by atoms with Crippen LogP contribution in [0.4, 0.5) is 4.79 Å². The monoisotopic (exact) mass is 682 g/mol. The Kier molecular flexibility index (Phi) is 11.4. The fourth-order valence-corrected chi connectivity index (χ4v) is 6.99. The van der Waals surface area contributed by atoms with Gasteiger partial charge in [-0.3, -0.25) is 24.5 Å². The van der Waals surface area contributed by atoms with Crippen molar-refractivity contribution in [2.45, 2.75) is 25.2 Å². The van der Waals surface area contributed by atoms with Gasteiger partial charge in [-0.05, 0) is 34.9 Å². The number of aromatic hydroxyl groups is 1. The number of rotatable bonds is 10. The van der Waals surface area contributed by atoms with Crippen molar-refractivity contribution in [2.75, 3.05) is 73.1 Å². The first-order valence-electron chi connectivity index (χ1n) is 17.2. The van der Waals surface area contributed by atoms with Crippen LogP contribution in [-0.2, 0) is 27.3 Å². The highest BCUT2D eigenvalue weighted by Gasteiger charge is 2.51. The molecule has 3 heterocycles. The molecule has 6 rings (SSSR count). The fraction of sp³-hybridized carbons (Fsp3) is 0.432. The molecule has 0 aromatic heterocycles. The number of ether oxygens (including phenoxy) is 1. The van der Waals surface area contributed by atoms with Crippen molar-refractivity contribution in [2.24, 2.45) is 15.9 Å². The van der Waals surface area contributed by atoms with E-state index in [1.165, 1.54) is 0 Å². The van der Waals surface area contributed by atoms with Crippen LogP contribution in [0.3, 0.4) is 0 Å². The molecule has 2 N–H and O–H groups in total. The van der Waals surface area contributed by atoms with E-state index >= 15 is 0 Å². The first kappa shape index (κ1) is 35.0. The molecule has 3 aliphatic heterocycles. The van der Waals surface area contributed by atoms with Crippen LogP contribution < -0.4 is 5.32 Å². The molecule has 13 heteroatoms. The van der Waals surface area contributed by atoms with Gasteiger partial charge in [-0.15, -0.1) is 0 Å². The molecule has 4 amide bonds. The van der Waals surface area contributed by atoms with E-state index in [2.05, 4.69) is 15.2 Å². The van der Waals surface area contributed by atoms with E-state index in [1.54, 1.807) is 58.2 Å². The van der Waals surface area contributed by atoms with Crippen molar-refractivity contribution >= 4 is 29.8 Å². The van der Waals surface area contributed by atoms with Gasteiger partial charge in [0.25, 0.3) is 0 Å². The number of morpholine rings is 1. The molecular weight excluding hydrogens is 636 g/mol. The number of aliphatic imine (C=N–C) groups is 2. The van der Waals surface area contributed by atoms with E-state index < -0.39 is 12.2 Å². The lowest BCUT2D eigenvalue weighted by Crippen LogP contribution is -2.76. The summed E-state index contributed by atoms with van der Waals surface area (Å²) in [5.74, 6) is -0.544. The van der Waals surface area contributed by atoms with Crippen LogP contribution in [0.5, 0.6) is 5.75 Å². The molecule has 1 unspecified atom stereocenters. The molecule has 264 valence electrons. The molecule has 2 aromatic rings. The Bertz CT molecular complexity index is 1640. The first-order chi connectivity index (χ1) is 24.3. The van der Waals surface area contributed by atoms with E-state index in [4.69, 9.17) is 9.73 Å². The van der Waals surface area contributed by atoms with Crippen LogP contribution in [-0.4, -0.2) is 145 Å². The number of allylic oxidation sites excluding steroid dienone is 3. The maximum absolute atomic E-state index is 14.5. The van der Waals surface area contributed by atoms with Gasteiger partial charge in [0, 0.05) is 65.2 Å². The second kappa shape index (κ2) is 16.2. The number of amides is 4. The number of phenols is 1. The number of carbonyl (C=O) groups is 3. The minimum absolute atomic E-state index is 0.0517. The highest BCUT2D eigenvalue weighted by molar-refractivity contribution is 6.09. The molecule has 2 aromatic carbocycles. The quantitative estimate of drug-likeness (QED) is 0.366. The molecule has 50 heavy (non-hydrogen) atoms. The van der Waals surface area contributed by atoms with Gasteiger partial charge in [-0.2, -0.15) is 0 Å². The van der Waals surface area contributed by atoms with Crippen LogP contribution in [0.25, 0.3) is 0 Å². The number of hydrazine groups is 1. The summed E-state index contributed by atoms with van der Waals surface area (Å²) in [4.78, 5) is 57.0. The largest absolute Gasteiger partial charge is 0.508 e. The number of benzene rings is 2. The molecule has 4 aliphatic rings. The van der Waals surface area contributed by atoms with Gasteiger partial charge >= 0.3 is 6.03 Å². The van der Waals surface area contributed by atoms with Crippen LogP contribution >= 0.6 is 0 Å². The lowest BCUT2D eigenvalue weighted by molar-refractivity contribution is -0.186. The molecular formula is C37H46N8O5. The number of likely N-dealkylation sites (N-methyl/N-ethyl adjacent to an activating group) is 1. The summed E-state index contributed by atoms with van der Waals surface area (Å²) in [6.45, 7) is 5.41. The molecule has 0 radical (unpaired) electrons. The Morgan fingerprint density at radius 2 is 1.82 bits per heavy atom. The number of urea groups is 1. The molecule has 0 bridgehead atoms. The highest BCUT2D eigenvalue weighted by atomic mass is 16.5. The topological polar surface area (TPSA) is 134 Å². The third-order valence-electron chi connectivity index (χ3n) is 9.63. The van der Waals surface area contributed by atoms with Crippen molar-refractivity contribution in [3.8, 4) is 5.75 Å². The van der Waals surface area contributed by atoms with E-state index in [0.29, 0.717) is 13.1 Å². The van der Waals surface area contributed by atoms with Crippen LogP contribution in [0.1, 0.15) is 11.1 Å². The van der Waals surface area contributed by atoms with Crippen LogP contribution in [0, 0.1) is 5.92 Å². The summed E-state index contributed by atoms with van der Waals surface area (Å²) in [6, 6.07) is 15.1. The predicted octanol–water partition coefficient (Wildman–Crippen LogP) is 1.96. The number of hydrogen-bond acceptors (Lipinski definition) is 9. The molecule has 3 atom stereocenters. The second-order valence-electron chi connectivity index (χ2n) is 12.9. The molecule has 0 spiro atoms. The number of carbonyl (C=O) groups excluding carboxylic acids is 3. The van der Waals surface area contributed by atoms with Crippen molar-refractivity contribution in [1.29, 1.82) is 0 Å². The zero-order valence-electron chi connectivity index (χ0n) is 28.7. The van der Waals surface area contributed by atoms with E-state index in [9.17, 15) is 19.5 Å². The third-order valence-corrected chi connectivity index (χ3v) is 9.63. The van der Waals surface area contributed by atoms with Crippen molar-refractivity contribution < 1.29 is 24.2 Å².